The predicted octanol–water partition coefficient (Wildman–Crippen LogP) is 3.50. The van der Waals surface area contributed by atoms with Crippen LogP contribution in [-0.4, -0.2) is 12.5 Å². The van der Waals surface area contributed by atoms with Gasteiger partial charge in [-0.15, -0.1) is 12.4 Å². The van der Waals surface area contributed by atoms with Crippen molar-refractivity contribution in [1.82, 2.24) is 0 Å². The Morgan fingerprint density at radius 3 is 2.36 bits per heavy atom. The molecule has 0 unspecified atom stereocenters. The first-order valence-electron chi connectivity index (χ1n) is 4.47. The average Bonchev–Trinajstić information content (AvgIpc) is 2.09. The van der Waals surface area contributed by atoms with Crippen molar-refractivity contribution in [2.24, 2.45) is 4.99 Å². The zero-order valence-corrected chi connectivity index (χ0v) is 9.60. The summed E-state index contributed by atoms with van der Waals surface area (Å²) in [5.41, 5.74) is 2.18. The van der Waals surface area contributed by atoms with Crippen LogP contribution in [0.2, 0.25) is 0 Å². The van der Waals surface area contributed by atoms with Gasteiger partial charge in [0.25, 0.3) is 0 Å². The molecule has 0 atom stereocenters. The van der Waals surface area contributed by atoms with E-state index in [9.17, 15) is 0 Å². The lowest BCUT2D eigenvalue weighted by Crippen LogP contribution is -1.97. The summed E-state index contributed by atoms with van der Waals surface area (Å²) in [7, 11) is 0. The van der Waals surface area contributed by atoms with Crippen molar-refractivity contribution >= 4 is 24.0 Å². The topological polar surface area (TPSA) is 21.6 Å². The Bertz CT molecular complexity index is 293. The molecule has 0 bridgehead atoms. The van der Waals surface area contributed by atoms with Crippen LogP contribution >= 0.6 is 12.4 Å². The smallest absolute Gasteiger partial charge is 0.185 e. The Balaban J connectivity index is 0.00000169. The Hall–Kier alpha value is -1.02. The van der Waals surface area contributed by atoms with Crippen molar-refractivity contribution in [2.45, 2.75) is 20.8 Å². The number of benzene rings is 1. The maximum Gasteiger partial charge on any atom is 0.185 e. The van der Waals surface area contributed by atoms with Crippen LogP contribution in [0, 0.1) is 6.92 Å². The van der Waals surface area contributed by atoms with Crippen LogP contribution in [0.1, 0.15) is 19.4 Å². The van der Waals surface area contributed by atoms with Crippen molar-refractivity contribution in [3.05, 3.63) is 29.8 Å². The molecule has 0 amide bonds. The van der Waals surface area contributed by atoms with E-state index in [4.69, 9.17) is 4.74 Å². The number of ether oxygens (including phenoxy) is 1. The summed E-state index contributed by atoms with van der Waals surface area (Å²) in [4.78, 5) is 4.28. The lowest BCUT2D eigenvalue weighted by molar-refractivity contribution is 0.325. The Labute approximate surface area is 91.4 Å². The lowest BCUT2D eigenvalue weighted by atomic mass is 10.2. The molecule has 0 aliphatic heterocycles. The monoisotopic (exact) mass is 213 g/mol. The largest absolute Gasteiger partial charge is 0.481 e. The fourth-order valence-electron chi connectivity index (χ4n) is 1.04. The van der Waals surface area contributed by atoms with Crippen molar-refractivity contribution in [2.75, 3.05) is 6.61 Å². The van der Waals surface area contributed by atoms with Gasteiger partial charge in [-0.2, -0.15) is 0 Å². The molecule has 0 N–H and O–H groups in total. The highest BCUT2D eigenvalue weighted by molar-refractivity contribution is 5.85. The van der Waals surface area contributed by atoms with Crippen molar-refractivity contribution in [1.29, 1.82) is 0 Å². The minimum absolute atomic E-state index is 0. The molecule has 0 aromatic heterocycles. The number of aryl methyl sites for hydroxylation is 1. The molecule has 0 aliphatic carbocycles. The number of rotatable bonds is 2. The van der Waals surface area contributed by atoms with E-state index in [-0.39, 0.29) is 12.4 Å². The Morgan fingerprint density at radius 2 is 1.86 bits per heavy atom. The number of hydrogen-bond acceptors (Lipinski definition) is 2. The van der Waals surface area contributed by atoms with Gasteiger partial charge in [-0.3, -0.25) is 0 Å². The van der Waals surface area contributed by atoms with Gasteiger partial charge in [-0.1, -0.05) is 17.7 Å². The second-order valence-electron chi connectivity index (χ2n) is 2.90. The van der Waals surface area contributed by atoms with Crippen LogP contribution in [0.3, 0.4) is 0 Å². The minimum atomic E-state index is 0. The summed E-state index contributed by atoms with van der Waals surface area (Å²) in [6, 6.07) is 8.05. The molecule has 0 heterocycles. The van der Waals surface area contributed by atoms with Gasteiger partial charge < -0.3 is 4.74 Å². The first-order valence-corrected chi connectivity index (χ1v) is 4.47. The molecular weight excluding hydrogens is 198 g/mol. The zero-order chi connectivity index (χ0) is 9.68. The highest BCUT2D eigenvalue weighted by Gasteiger charge is 1.91. The average molecular weight is 214 g/mol. The molecule has 0 saturated carbocycles. The van der Waals surface area contributed by atoms with E-state index in [1.807, 2.05) is 38.1 Å². The summed E-state index contributed by atoms with van der Waals surface area (Å²) in [6.45, 7) is 6.54. The maximum absolute atomic E-state index is 5.23. The molecular formula is C11H16ClNO. The van der Waals surface area contributed by atoms with Gasteiger partial charge in [-0.25, -0.2) is 4.99 Å². The van der Waals surface area contributed by atoms with Gasteiger partial charge in [0.1, 0.15) is 0 Å². The molecule has 0 saturated heterocycles. The number of nitrogens with zero attached hydrogens (tertiary/aromatic N) is 1. The minimum Gasteiger partial charge on any atom is -0.481 e. The van der Waals surface area contributed by atoms with E-state index in [2.05, 4.69) is 11.9 Å². The second-order valence-corrected chi connectivity index (χ2v) is 2.90. The normalized spacial score (nSPS) is 10.6. The van der Waals surface area contributed by atoms with Gasteiger partial charge in [0.05, 0.1) is 12.3 Å². The molecule has 2 nitrogen and oxygen atoms in total. The van der Waals surface area contributed by atoms with Gasteiger partial charge in [-0.05, 0) is 26.0 Å². The Morgan fingerprint density at radius 1 is 1.29 bits per heavy atom. The maximum atomic E-state index is 5.23. The van der Waals surface area contributed by atoms with E-state index in [1.54, 1.807) is 0 Å². The highest BCUT2D eigenvalue weighted by Crippen LogP contribution is 2.12. The third kappa shape index (κ3) is 4.28. The summed E-state index contributed by atoms with van der Waals surface area (Å²) < 4.78 is 5.23. The second kappa shape index (κ2) is 6.44. The SMILES string of the molecule is CCOC(C)=Nc1ccc(C)cc1.Cl. The summed E-state index contributed by atoms with van der Waals surface area (Å²) in [5.74, 6) is 0.714. The third-order valence-corrected chi connectivity index (χ3v) is 1.67. The van der Waals surface area contributed by atoms with Crippen LogP contribution in [0.25, 0.3) is 0 Å². The van der Waals surface area contributed by atoms with Crippen LogP contribution in [0.5, 0.6) is 0 Å². The van der Waals surface area contributed by atoms with Crippen LogP contribution in [0.15, 0.2) is 29.3 Å². The lowest BCUT2D eigenvalue weighted by Gasteiger charge is -2.01. The van der Waals surface area contributed by atoms with Gasteiger partial charge in [0.2, 0.25) is 0 Å². The molecule has 0 fully saturated rings. The predicted molar refractivity (Wildman–Crippen MR) is 62.8 cm³/mol. The number of halogens is 1. The molecule has 1 aromatic rings. The molecule has 0 radical (unpaired) electrons. The molecule has 1 rings (SSSR count). The van der Waals surface area contributed by atoms with Crippen LogP contribution in [0.4, 0.5) is 5.69 Å². The van der Waals surface area contributed by atoms with E-state index in [0.29, 0.717) is 12.5 Å². The fraction of sp³-hybridized carbons (Fsp3) is 0.364. The highest BCUT2D eigenvalue weighted by atomic mass is 35.5. The Kier molecular flexibility index (Phi) is 5.97. The van der Waals surface area contributed by atoms with E-state index < -0.39 is 0 Å². The van der Waals surface area contributed by atoms with Crippen LogP contribution in [-0.2, 0) is 4.74 Å². The molecule has 0 aliphatic rings. The molecule has 1 aromatic carbocycles. The molecule has 14 heavy (non-hydrogen) atoms. The summed E-state index contributed by atoms with van der Waals surface area (Å²) in [5, 5.41) is 0. The number of aliphatic imine (C=N–C) groups is 1. The van der Waals surface area contributed by atoms with Crippen LogP contribution < -0.4 is 0 Å². The summed E-state index contributed by atoms with van der Waals surface area (Å²) >= 11 is 0. The zero-order valence-electron chi connectivity index (χ0n) is 8.78. The first-order chi connectivity index (χ1) is 6.22. The quantitative estimate of drug-likeness (QED) is 0.544. The molecule has 0 spiro atoms. The fourth-order valence-corrected chi connectivity index (χ4v) is 1.04. The number of hydrogen-bond donors (Lipinski definition) is 0. The van der Waals surface area contributed by atoms with E-state index >= 15 is 0 Å². The van der Waals surface area contributed by atoms with E-state index in [0.717, 1.165) is 5.69 Å². The van der Waals surface area contributed by atoms with Crippen molar-refractivity contribution in [3.63, 3.8) is 0 Å². The van der Waals surface area contributed by atoms with Gasteiger partial charge in [0.15, 0.2) is 5.90 Å². The standard InChI is InChI=1S/C11H15NO.ClH/c1-4-13-10(3)12-11-7-5-9(2)6-8-11;/h5-8H,4H2,1-3H3;1H. The first kappa shape index (κ1) is 13.0. The third-order valence-electron chi connectivity index (χ3n) is 1.67. The van der Waals surface area contributed by atoms with Crippen molar-refractivity contribution < 1.29 is 4.74 Å². The van der Waals surface area contributed by atoms with E-state index in [1.165, 1.54) is 5.56 Å². The molecule has 78 valence electrons. The summed E-state index contributed by atoms with van der Waals surface area (Å²) in [6.07, 6.45) is 0. The van der Waals surface area contributed by atoms with Gasteiger partial charge >= 0.3 is 0 Å². The molecule has 3 heteroatoms. The van der Waals surface area contributed by atoms with Gasteiger partial charge in [0, 0.05) is 6.92 Å². The van der Waals surface area contributed by atoms with Crippen molar-refractivity contribution in [3.8, 4) is 0 Å².